The summed E-state index contributed by atoms with van der Waals surface area (Å²) in [6, 6.07) is 5.67. The van der Waals surface area contributed by atoms with E-state index < -0.39 is 42.3 Å². The Morgan fingerprint density at radius 3 is 2.30 bits per heavy atom. The molecule has 4 atom stereocenters. The summed E-state index contributed by atoms with van der Waals surface area (Å²) >= 11 is 0. The van der Waals surface area contributed by atoms with Crippen LogP contribution in [0.15, 0.2) is 30.3 Å². The van der Waals surface area contributed by atoms with E-state index in [0.29, 0.717) is 18.4 Å². The molecule has 2 rings (SSSR count). The molecule has 0 aliphatic carbocycles. The fraction of sp³-hybridized carbons (Fsp3) is 0.476. The van der Waals surface area contributed by atoms with Crippen LogP contribution < -0.4 is 10.6 Å². The predicted octanol–water partition coefficient (Wildman–Crippen LogP) is 0.446. The van der Waals surface area contributed by atoms with Crippen LogP contribution in [0.5, 0.6) is 0 Å². The van der Waals surface area contributed by atoms with E-state index in [-0.39, 0.29) is 17.7 Å². The van der Waals surface area contributed by atoms with Crippen molar-refractivity contribution < 1.29 is 29.1 Å². The first-order chi connectivity index (χ1) is 14.1. The summed E-state index contributed by atoms with van der Waals surface area (Å²) in [5.41, 5.74) is 0.421. The van der Waals surface area contributed by atoms with Gasteiger partial charge in [-0.2, -0.15) is 0 Å². The van der Waals surface area contributed by atoms with Crippen molar-refractivity contribution in [2.45, 2.75) is 45.3 Å². The fourth-order valence-electron chi connectivity index (χ4n) is 3.42. The summed E-state index contributed by atoms with van der Waals surface area (Å²) in [6.45, 7) is 5.70. The molecule has 0 bridgehead atoms. The van der Waals surface area contributed by atoms with Crippen molar-refractivity contribution in [1.82, 2.24) is 15.5 Å². The van der Waals surface area contributed by atoms with Crippen LogP contribution in [0.1, 0.15) is 37.6 Å². The standard InChI is InChI=1S/C21H27N3O6/c1-12(2)17(23-19(28)14-7-5-4-6-8-14)21(30)24-10-13(3)18(24)20(29)22-15(11-25)9-16(26)27/h4-8,11-13,15,17-18H,9-10H2,1-3H3,(H,22,29)(H,23,28)(H,26,27)/t13?,15-,17-,18-/m0/s1. The largest absolute Gasteiger partial charge is 0.481 e. The highest BCUT2D eigenvalue weighted by Gasteiger charge is 2.46. The molecular formula is C21H27N3O6. The van der Waals surface area contributed by atoms with E-state index in [1.165, 1.54) is 4.90 Å². The molecule has 1 aromatic carbocycles. The van der Waals surface area contributed by atoms with Crippen molar-refractivity contribution in [3.63, 3.8) is 0 Å². The van der Waals surface area contributed by atoms with Crippen LogP contribution in [-0.4, -0.2) is 64.7 Å². The van der Waals surface area contributed by atoms with E-state index in [9.17, 15) is 24.0 Å². The molecule has 3 amide bonds. The van der Waals surface area contributed by atoms with Crippen LogP contribution in [0.2, 0.25) is 0 Å². The SMILES string of the molecule is CC(C)[C@H](NC(=O)c1ccccc1)C(=O)N1CC(C)[C@H]1C(=O)N[C@H](C=O)CC(=O)O. The molecule has 1 heterocycles. The number of hydrogen-bond donors (Lipinski definition) is 3. The van der Waals surface area contributed by atoms with Gasteiger partial charge in [-0.1, -0.05) is 39.0 Å². The Bertz CT molecular complexity index is 810. The number of amides is 3. The summed E-state index contributed by atoms with van der Waals surface area (Å²) in [5, 5.41) is 13.9. The molecule has 1 saturated heterocycles. The fourth-order valence-corrected chi connectivity index (χ4v) is 3.42. The second kappa shape index (κ2) is 10.00. The molecule has 1 aliphatic heterocycles. The van der Waals surface area contributed by atoms with E-state index in [0.717, 1.165) is 0 Å². The lowest BCUT2D eigenvalue weighted by Crippen LogP contribution is -2.68. The summed E-state index contributed by atoms with van der Waals surface area (Å²) in [7, 11) is 0. The highest BCUT2D eigenvalue weighted by atomic mass is 16.4. The van der Waals surface area contributed by atoms with Gasteiger partial charge in [-0.05, 0) is 18.1 Å². The van der Waals surface area contributed by atoms with Crippen LogP contribution in [0.3, 0.4) is 0 Å². The minimum Gasteiger partial charge on any atom is -0.481 e. The minimum absolute atomic E-state index is 0.163. The number of nitrogens with zero attached hydrogens (tertiary/aromatic N) is 1. The summed E-state index contributed by atoms with van der Waals surface area (Å²) in [6.07, 6.45) is -0.176. The van der Waals surface area contributed by atoms with Crippen molar-refractivity contribution in [1.29, 1.82) is 0 Å². The van der Waals surface area contributed by atoms with Gasteiger partial charge in [-0.15, -0.1) is 0 Å². The molecular weight excluding hydrogens is 390 g/mol. The number of likely N-dealkylation sites (tertiary alicyclic amines) is 1. The van der Waals surface area contributed by atoms with Gasteiger partial charge in [-0.3, -0.25) is 19.2 Å². The third kappa shape index (κ3) is 5.43. The van der Waals surface area contributed by atoms with Gasteiger partial charge < -0.3 is 25.4 Å². The Kier molecular flexibility index (Phi) is 7.68. The molecule has 1 aliphatic rings. The van der Waals surface area contributed by atoms with Gasteiger partial charge in [0.1, 0.15) is 18.4 Å². The van der Waals surface area contributed by atoms with Crippen LogP contribution in [0, 0.1) is 11.8 Å². The topological polar surface area (TPSA) is 133 Å². The number of aliphatic carboxylic acids is 1. The molecule has 1 unspecified atom stereocenters. The van der Waals surface area contributed by atoms with Gasteiger partial charge >= 0.3 is 5.97 Å². The molecule has 30 heavy (non-hydrogen) atoms. The van der Waals surface area contributed by atoms with Crippen molar-refractivity contribution in [3.8, 4) is 0 Å². The number of carbonyl (C=O) groups is 5. The quantitative estimate of drug-likeness (QED) is 0.500. The Morgan fingerprint density at radius 2 is 1.80 bits per heavy atom. The number of carboxylic acid groups (broad SMARTS) is 1. The van der Waals surface area contributed by atoms with Crippen molar-refractivity contribution in [2.24, 2.45) is 11.8 Å². The van der Waals surface area contributed by atoms with Crippen LogP contribution >= 0.6 is 0 Å². The third-order valence-corrected chi connectivity index (χ3v) is 5.05. The number of rotatable bonds is 9. The van der Waals surface area contributed by atoms with E-state index in [1.54, 1.807) is 51.1 Å². The normalized spacial score (nSPS) is 19.9. The first-order valence-electron chi connectivity index (χ1n) is 9.79. The summed E-state index contributed by atoms with van der Waals surface area (Å²) in [4.78, 5) is 61.4. The van der Waals surface area contributed by atoms with Gasteiger partial charge in [0.25, 0.3) is 5.91 Å². The number of carboxylic acids is 1. The molecule has 9 nitrogen and oxygen atoms in total. The maximum absolute atomic E-state index is 13.1. The van der Waals surface area contributed by atoms with Crippen molar-refractivity contribution >= 4 is 30.0 Å². The van der Waals surface area contributed by atoms with E-state index in [4.69, 9.17) is 5.11 Å². The maximum atomic E-state index is 13.1. The molecule has 1 aromatic rings. The predicted molar refractivity (Wildman–Crippen MR) is 107 cm³/mol. The zero-order chi connectivity index (χ0) is 22.4. The summed E-state index contributed by atoms with van der Waals surface area (Å²) < 4.78 is 0. The second-order valence-electron chi connectivity index (χ2n) is 7.82. The van der Waals surface area contributed by atoms with E-state index in [2.05, 4.69) is 10.6 Å². The maximum Gasteiger partial charge on any atom is 0.305 e. The van der Waals surface area contributed by atoms with Crippen LogP contribution in [0.25, 0.3) is 0 Å². The van der Waals surface area contributed by atoms with Crippen LogP contribution in [-0.2, 0) is 19.2 Å². The molecule has 0 radical (unpaired) electrons. The number of hydrogen-bond acceptors (Lipinski definition) is 5. The monoisotopic (exact) mass is 417 g/mol. The molecule has 1 fully saturated rings. The van der Waals surface area contributed by atoms with Crippen molar-refractivity contribution in [2.75, 3.05) is 6.54 Å². The lowest BCUT2D eigenvalue weighted by Gasteiger charge is -2.47. The molecule has 9 heteroatoms. The molecule has 3 N–H and O–H groups in total. The molecule has 0 saturated carbocycles. The first-order valence-corrected chi connectivity index (χ1v) is 9.79. The highest BCUT2D eigenvalue weighted by Crippen LogP contribution is 2.27. The Hall–Kier alpha value is -3.23. The zero-order valence-corrected chi connectivity index (χ0v) is 17.2. The summed E-state index contributed by atoms with van der Waals surface area (Å²) in [5.74, 6) is -2.97. The van der Waals surface area contributed by atoms with E-state index in [1.807, 2.05) is 0 Å². The highest BCUT2D eigenvalue weighted by molar-refractivity contribution is 5.99. The van der Waals surface area contributed by atoms with Crippen LogP contribution in [0.4, 0.5) is 0 Å². The zero-order valence-electron chi connectivity index (χ0n) is 17.2. The minimum atomic E-state index is -1.22. The number of carbonyl (C=O) groups excluding carboxylic acids is 4. The number of benzene rings is 1. The smallest absolute Gasteiger partial charge is 0.305 e. The second-order valence-corrected chi connectivity index (χ2v) is 7.82. The van der Waals surface area contributed by atoms with Gasteiger partial charge in [0.05, 0.1) is 12.5 Å². The Labute approximate surface area is 174 Å². The average molecular weight is 417 g/mol. The van der Waals surface area contributed by atoms with E-state index >= 15 is 0 Å². The number of aldehydes is 1. The van der Waals surface area contributed by atoms with Gasteiger partial charge in [-0.25, -0.2) is 0 Å². The van der Waals surface area contributed by atoms with Gasteiger partial charge in [0.2, 0.25) is 11.8 Å². The molecule has 162 valence electrons. The van der Waals surface area contributed by atoms with Crippen molar-refractivity contribution in [3.05, 3.63) is 35.9 Å². The molecule has 0 aromatic heterocycles. The lowest BCUT2D eigenvalue weighted by molar-refractivity contribution is -0.155. The first kappa shape index (κ1) is 23.1. The molecule has 0 spiro atoms. The Morgan fingerprint density at radius 1 is 1.17 bits per heavy atom. The van der Waals surface area contributed by atoms with Gasteiger partial charge in [0.15, 0.2) is 0 Å². The average Bonchev–Trinajstić information content (AvgIpc) is 2.68. The number of nitrogens with one attached hydrogen (secondary N) is 2. The van der Waals surface area contributed by atoms with Gasteiger partial charge in [0, 0.05) is 18.0 Å². The third-order valence-electron chi connectivity index (χ3n) is 5.05. The Balaban J connectivity index is 2.10. The lowest BCUT2D eigenvalue weighted by atomic mass is 9.87.